The van der Waals surface area contributed by atoms with E-state index in [1.165, 1.54) is 12.8 Å². The molecule has 4 rings (SSSR count). The van der Waals surface area contributed by atoms with Crippen LogP contribution < -0.4 is 0 Å². The Kier molecular flexibility index (Phi) is 5.84. The number of ether oxygens (including phenoxy) is 1. The summed E-state index contributed by atoms with van der Waals surface area (Å²) < 4.78 is 6.95. The second-order valence-electron chi connectivity index (χ2n) is 7.95. The van der Waals surface area contributed by atoms with Gasteiger partial charge in [-0.2, -0.15) is 0 Å². The van der Waals surface area contributed by atoms with Gasteiger partial charge in [0.05, 0.1) is 0 Å². The van der Waals surface area contributed by atoms with E-state index < -0.39 is 5.60 Å². The summed E-state index contributed by atoms with van der Waals surface area (Å²) in [6, 6.07) is 31.4. The highest BCUT2D eigenvalue weighted by atomic mass is 16.5. The first-order chi connectivity index (χ1) is 14.3. The smallest absolute Gasteiger partial charge is 0.145 e. The van der Waals surface area contributed by atoms with Crippen LogP contribution in [0.2, 0.25) is 0 Å². The second kappa shape index (κ2) is 8.68. The van der Waals surface area contributed by atoms with Crippen LogP contribution in [0.3, 0.4) is 0 Å². The summed E-state index contributed by atoms with van der Waals surface area (Å²) in [5.74, 6) is 4.44. The molecular weight excluding hydrogens is 352 g/mol. The first-order valence-electron chi connectivity index (χ1n) is 10.6. The molecule has 1 nitrogen and oxygen atoms in total. The SMILES string of the molecule is C#CC(CC1CC1CC)OC(c1ccccc1)(c1ccccc1)c1ccccc1. The van der Waals surface area contributed by atoms with Crippen molar-refractivity contribution >= 4 is 0 Å². The first-order valence-corrected chi connectivity index (χ1v) is 10.6. The van der Waals surface area contributed by atoms with Crippen LogP contribution in [0.1, 0.15) is 42.9 Å². The van der Waals surface area contributed by atoms with Crippen LogP contribution in [0.5, 0.6) is 0 Å². The van der Waals surface area contributed by atoms with E-state index in [2.05, 4.69) is 85.6 Å². The van der Waals surface area contributed by atoms with Gasteiger partial charge in [-0.3, -0.25) is 0 Å². The zero-order valence-electron chi connectivity index (χ0n) is 17.0. The van der Waals surface area contributed by atoms with E-state index in [0.717, 1.165) is 29.0 Å². The molecule has 1 saturated carbocycles. The molecule has 0 saturated heterocycles. The molecule has 1 fully saturated rings. The maximum Gasteiger partial charge on any atom is 0.145 e. The molecule has 0 N–H and O–H groups in total. The Bertz CT molecular complexity index is 843. The maximum absolute atomic E-state index is 6.95. The van der Waals surface area contributed by atoms with Gasteiger partial charge in [0, 0.05) is 0 Å². The van der Waals surface area contributed by atoms with Gasteiger partial charge in [0.2, 0.25) is 0 Å². The van der Waals surface area contributed by atoms with E-state index in [-0.39, 0.29) is 6.10 Å². The van der Waals surface area contributed by atoms with E-state index >= 15 is 0 Å². The van der Waals surface area contributed by atoms with E-state index in [1.54, 1.807) is 0 Å². The predicted molar refractivity (Wildman–Crippen MR) is 119 cm³/mol. The summed E-state index contributed by atoms with van der Waals surface area (Å²) in [6.07, 6.45) is 9.18. The van der Waals surface area contributed by atoms with Crippen LogP contribution in [0.4, 0.5) is 0 Å². The van der Waals surface area contributed by atoms with Crippen LogP contribution in [-0.2, 0) is 10.3 Å². The van der Waals surface area contributed by atoms with Gasteiger partial charge >= 0.3 is 0 Å². The average molecular weight is 381 g/mol. The Hall–Kier alpha value is -2.82. The van der Waals surface area contributed by atoms with Gasteiger partial charge < -0.3 is 4.74 Å². The molecule has 146 valence electrons. The van der Waals surface area contributed by atoms with Gasteiger partial charge in [-0.1, -0.05) is 110 Å². The number of benzene rings is 3. The molecule has 3 unspecified atom stereocenters. The third kappa shape index (κ3) is 4.00. The monoisotopic (exact) mass is 380 g/mol. The molecular formula is C28H28O. The number of rotatable bonds is 8. The fraction of sp³-hybridized carbons (Fsp3) is 0.286. The van der Waals surface area contributed by atoms with Crippen LogP contribution >= 0.6 is 0 Å². The lowest BCUT2D eigenvalue weighted by molar-refractivity contribution is -0.0258. The van der Waals surface area contributed by atoms with Gasteiger partial charge in [0.1, 0.15) is 11.7 Å². The van der Waals surface area contributed by atoms with E-state index in [4.69, 9.17) is 11.2 Å². The highest BCUT2D eigenvalue weighted by Crippen LogP contribution is 2.47. The minimum atomic E-state index is -0.739. The Morgan fingerprint density at radius 2 is 1.28 bits per heavy atom. The fourth-order valence-electron chi connectivity index (χ4n) is 4.46. The lowest BCUT2D eigenvalue weighted by atomic mass is 9.79. The predicted octanol–water partition coefficient (Wildman–Crippen LogP) is 6.43. The quantitative estimate of drug-likeness (QED) is 0.323. The van der Waals surface area contributed by atoms with E-state index in [0.29, 0.717) is 5.92 Å². The van der Waals surface area contributed by atoms with Crippen molar-refractivity contribution in [3.63, 3.8) is 0 Å². The Morgan fingerprint density at radius 1 is 0.828 bits per heavy atom. The molecule has 0 heterocycles. The van der Waals surface area contributed by atoms with Crippen molar-refractivity contribution in [2.45, 2.75) is 37.9 Å². The summed E-state index contributed by atoms with van der Waals surface area (Å²) >= 11 is 0. The summed E-state index contributed by atoms with van der Waals surface area (Å²) in [5.41, 5.74) is 2.55. The largest absolute Gasteiger partial charge is 0.345 e. The molecule has 3 aromatic carbocycles. The van der Waals surface area contributed by atoms with Crippen molar-refractivity contribution in [1.29, 1.82) is 0 Å². The van der Waals surface area contributed by atoms with Gasteiger partial charge in [-0.15, -0.1) is 6.42 Å². The van der Waals surface area contributed by atoms with Crippen molar-refractivity contribution in [2.75, 3.05) is 0 Å². The molecule has 0 bridgehead atoms. The molecule has 1 aliphatic rings. The topological polar surface area (TPSA) is 9.23 Å². The molecule has 0 spiro atoms. The molecule has 0 aliphatic heterocycles. The summed E-state index contributed by atoms with van der Waals surface area (Å²) in [4.78, 5) is 0. The summed E-state index contributed by atoms with van der Waals surface area (Å²) in [7, 11) is 0. The minimum Gasteiger partial charge on any atom is -0.345 e. The van der Waals surface area contributed by atoms with Gasteiger partial charge in [0.25, 0.3) is 0 Å². The molecule has 29 heavy (non-hydrogen) atoms. The Balaban J connectivity index is 1.82. The normalized spacial score (nSPS) is 19.3. The molecule has 3 atom stereocenters. The fourth-order valence-corrected chi connectivity index (χ4v) is 4.46. The number of terminal acetylenes is 1. The highest BCUT2D eigenvalue weighted by Gasteiger charge is 2.42. The third-order valence-electron chi connectivity index (χ3n) is 6.16. The lowest BCUT2D eigenvalue weighted by Gasteiger charge is -2.38. The van der Waals surface area contributed by atoms with Gasteiger partial charge in [0.15, 0.2) is 0 Å². The molecule has 3 aromatic rings. The number of hydrogen-bond acceptors (Lipinski definition) is 1. The van der Waals surface area contributed by atoms with Crippen LogP contribution in [0.15, 0.2) is 91.0 Å². The molecule has 0 radical (unpaired) electrons. The van der Waals surface area contributed by atoms with E-state index in [9.17, 15) is 0 Å². The van der Waals surface area contributed by atoms with Gasteiger partial charge in [-0.25, -0.2) is 0 Å². The minimum absolute atomic E-state index is 0.239. The molecule has 0 amide bonds. The lowest BCUT2D eigenvalue weighted by Crippen LogP contribution is -2.36. The zero-order valence-corrected chi connectivity index (χ0v) is 17.0. The average Bonchev–Trinajstić information content (AvgIpc) is 3.56. The zero-order chi connectivity index (χ0) is 20.1. The molecule has 0 aromatic heterocycles. The maximum atomic E-state index is 6.95. The summed E-state index contributed by atoms with van der Waals surface area (Å²) in [5, 5.41) is 0. The van der Waals surface area contributed by atoms with Crippen LogP contribution in [-0.4, -0.2) is 6.10 Å². The van der Waals surface area contributed by atoms with Crippen molar-refractivity contribution in [1.82, 2.24) is 0 Å². The summed E-state index contributed by atoms with van der Waals surface area (Å²) in [6.45, 7) is 2.26. The Morgan fingerprint density at radius 3 is 1.62 bits per heavy atom. The molecule has 1 heteroatoms. The first kappa shape index (κ1) is 19.5. The van der Waals surface area contributed by atoms with Crippen molar-refractivity contribution in [3.05, 3.63) is 108 Å². The van der Waals surface area contributed by atoms with E-state index in [1.807, 2.05) is 18.2 Å². The third-order valence-corrected chi connectivity index (χ3v) is 6.16. The van der Waals surface area contributed by atoms with Crippen molar-refractivity contribution in [3.8, 4) is 12.3 Å². The van der Waals surface area contributed by atoms with Crippen LogP contribution in [0.25, 0.3) is 0 Å². The van der Waals surface area contributed by atoms with Gasteiger partial charge in [-0.05, 0) is 41.4 Å². The van der Waals surface area contributed by atoms with Crippen LogP contribution in [0, 0.1) is 24.2 Å². The number of hydrogen-bond donors (Lipinski definition) is 0. The van der Waals surface area contributed by atoms with Crippen molar-refractivity contribution in [2.24, 2.45) is 11.8 Å². The second-order valence-corrected chi connectivity index (χ2v) is 7.95. The highest BCUT2D eigenvalue weighted by molar-refractivity contribution is 5.47. The Labute approximate surface area is 174 Å². The standard InChI is InChI=1S/C28H28O/c1-3-22-20-23(22)21-27(4-2)29-28(24-14-8-5-9-15-24,25-16-10-6-11-17-25)26-18-12-7-13-19-26/h2,5-19,22-23,27H,3,20-21H2,1H3. The molecule has 1 aliphatic carbocycles. The van der Waals surface area contributed by atoms with Crippen molar-refractivity contribution < 1.29 is 4.74 Å².